The standard InChI is InChI=1S/C19H27NO3/c1-3-11-20(14-7-4-5-8-14)15-12-17-16(19(21)22-2)9-6-10-18(17)23-13-15/h6,9-10,14-15H,3-5,7-8,11-13H2,1-2H3. The lowest BCUT2D eigenvalue weighted by Crippen LogP contribution is -2.48. The molecule has 23 heavy (non-hydrogen) atoms. The van der Waals surface area contributed by atoms with Crippen LogP contribution in [-0.4, -0.2) is 43.2 Å². The third-order valence-corrected chi connectivity index (χ3v) is 5.15. The van der Waals surface area contributed by atoms with Crippen molar-refractivity contribution < 1.29 is 14.3 Å². The number of benzene rings is 1. The largest absolute Gasteiger partial charge is 0.492 e. The Morgan fingerprint density at radius 1 is 1.30 bits per heavy atom. The molecule has 2 aliphatic rings. The summed E-state index contributed by atoms with van der Waals surface area (Å²) in [6, 6.07) is 6.70. The summed E-state index contributed by atoms with van der Waals surface area (Å²) >= 11 is 0. The first-order valence-electron chi connectivity index (χ1n) is 8.83. The molecule has 0 radical (unpaired) electrons. The molecule has 1 saturated carbocycles. The van der Waals surface area contributed by atoms with Crippen LogP contribution in [0.3, 0.4) is 0 Å². The van der Waals surface area contributed by atoms with Gasteiger partial charge in [-0.1, -0.05) is 25.8 Å². The highest BCUT2D eigenvalue weighted by molar-refractivity contribution is 5.91. The molecule has 0 spiro atoms. The lowest BCUT2D eigenvalue weighted by Gasteiger charge is -2.39. The lowest BCUT2D eigenvalue weighted by molar-refractivity contribution is 0.0588. The van der Waals surface area contributed by atoms with E-state index in [0.717, 1.165) is 30.7 Å². The number of fused-ring (bicyclic) bond motifs is 1. The molecule has 0 aromatic heterocycles. The molecule has 1 aliphatic heterocycles. The van der Waals surface area contributed by atoms with E-state index in [1.165, 1.54) is 32.8 Å². The smallest absolute Gasteiger partial charge is 0.338 e. The highest BCUT2D eigenvalue weighted by atomic mass is 16.5. The molecule has 0 saturated heterocycles. The Kier molecular flexibility index (Phi) is 5.21. The van der Waals surface area contributed by atoms with Crippen LogP contribution >= 0.6 is 0 Å². The summed E-state index contributed by atoms with van der Waals surface area (Å²) in [5.41, 5.74) is 1.66. The van der Waals surface area contributed by atoms with Gasteiger partial charge in [0.05, 0.1) is 12.7 Å². The van der Waals surface area contributed by atoms with Crippen molar-refractivity contribution in [1.82, 2.24) is 4.90 Å². The minimum atomic E-state index is -0.269. The summed E-state index contributed by atoms with van der Waals surface area (Å²) in [7, 11) is 1.44. The van der Waals surface area contributed by atoms with Crippen molar-refractivity contribution in [3.05, 3.63) is 29.3 Å². The van der Waals surface area contributed by atoms with E-state index in [2.05, 4.69) is 11.8 Å². The predicted molar refractivity (Wildman–Crippen MR) is 90.0 cm³/mol. The monoisotopic (exact) mass is 317 g/mol. The Balaban J connectivity index is 1.84. The Labute approximate surface area is 138 Å². The maximum atomic E-state index is 12.1. The molecule has 0 amide bonds. The highest BCUT2D eigenvalue weighted by Crippen LogP contribution is 2.33. The van der Waals surface area contributed by atoms with Crippen LogP contribution in [0.25, 0.3) is 0 Å². The van der Waals surface area contributed by atoms with E-state index in [9.17, 15) is 4.79 Å². The van der Waals surface area contributed by atoms with Crippen LogP contribution < -0.4 is 4.74 Å². The lowest BCUT2D eigenvalue weighted by atomic mass is 9.95. The van der Waals surface area contributed by atoms with Crippen LogP contribution in [0.15, 0.2) is 18.2 Å². The Bertz CT molecular complexity index is 552. The zero-order chi connectivity index (χ0) is 16.2. The highest BCUT2D eigenvalue weighted by Gasteiger charge is 2.33. The average Bonchev–Trinajstić information content (AvgIpc) is 3.12. The fraction of sp³-hybridized carbons (Fsp3) is 0.632. The SMILES string of the molecule is CCCN(C1CCCC1)C1COc2cccc(C(=O)OC)c2C1. The van der Waals surface area contributed by atoms with Gasteiger partial charge in [0.15, 0.2) is 0 Å². The summed E-state index contributed by atoms with van der Waals surface area (Å²) < 4.78 is 10.9. The number of carbonyl (C=O) groups excluding carboxylic acids is 1. The number of esters is 1. The number of hydrogen-bond donors (Lipinski definition) is 0. The van der Waals surface area contributed by atoms with E-state index in [-0.39, 0.29) is 5.97 Å². The van der Waals surface area contributed by atoms with Crippen LogP contribution in [-0.2, 0) is 11.2 Å². The molecule has 126 valence electrons. The molecule has 3 rings (SSSR count). The zero-order valence-electron chi connectivity index (χ0n) is 14.2. The normalized spacial score (nSPS) is 21.1. The van der Waals surface area contributed by atoms with Crippen LogP contribution in [0, 0.1) is 0 Å². The molecule has 0 N–H and O–H groups in total. The van der Waals surface area contributed by atoms with Gasteiger partial charge in [-0.15, -0.1) is 0 Å². The quantitative estimate of drug-likeness (QED) is 0.780. The van der Waals surface area contributed by atoms with Crippen LogP contribution in [0.5, 0.6) is 5.75 Å². The van der Waals surface area contributed by atoms with Crippen molar-refractivity contribution in [2.45, 2.75) is 57.5 Å². The Morgan fingerprint density at radius 3 is 2.78 bits per heavy atom. The fourth-order valence-electron chi connectivity index (χ4n) is 4.06. The summed E-state index contributed by atoms with van der Waals surface area (Å²) in [5.74, 6) is 0.570. The van der Waals surface area contributed by atoms with E-state index in [0.29, 0.717) is 24.3 Å². The molecule has 1 aromatic rings. The molecule has 1 fully saturated rings. The van der Waals surface area contributed by atoms with Gasteiger partial charge in [0.1, 0.15) is 12.4 Å². The number of rotatable bonds is 5. The number of hydrogen-bond acceptors (Lipinski definition) is 4. The van der Waals surface area contributed by atoms with Gasteiger partial charge in [-0.25, -0.2) is 4.79 Å². The molecular weight excluding hydrogens is 290 g/mol. The van der Waals surface area contributed by atoms with Crippen molar-refractivity contribution in [3.8, 4) is 5.75 Å². The Hall–Kier alpha value is -1.55. The molecule has 4 nitrogen and oxygen atoms in total. The summed E-state index contributed by atoms with van der Waals surface area (Å²) in [5, 5.41) is 0. The van der Waals surface area contributed by atoms with Crippen LogP contribution in [0.4, 0.5) is 0 Å². The molecule has 1 unspecified atom stereocenters. The van der Waals surface area contributed by atoms with Crippen molar-refractivity contribution in [3.63, 3.8) is 0 Å². The first-order chi connectivity index (χ1) is 11.2. The molecule has 1 heterocycles. The van der Waals surface area contributed by atoms with Gasteiger partial charge in [0, 0.05) is 17.6 Å². The maximum Gasteiger partial charge on any atom is 0.338 e. The first kappa shape index (κ1) is 16.3. The summed E-state index contributed by atoms with van der Waals surface area (Å²) in [6.07, 6.45) is 7.28. The van der Waals surface area contributed by atoms with Gasteiger partial charge in [-0.2, -0.15) is 0 Å². The van der Waals surface area contributed by atoms with Gasteiger partial charge in [0.25, 0.3) is 0 Å². The van der Waals surface area contributed by atoms with E-state index in [1.54, 1.807) is 0 Å². The minimum Gasteiger partial charge on any atom is -0.492 e. The third-order valence-electron chi connectivity index (χ3n) is 5.15. The number of carbonyl (C=O) groups is 1. The number of ether oxygens (including phenoxy) is 2. The Morgan fingerprint density at radius 2 is 2.09 bits per heavy atom. The van der Waals surface area contributed by atoms with Crippen molar-refractivity contribution >= 4 is 5.97 Å². The van der Waals surface area contributed by atoms with E-state index in [1.807, 2.05) is 18.2 Å². The molecule has 1 atom stereocenters. The predicted octanol–water partition coefficient (Wildman–Crippen LogP) is 3.43. The van der Waals surface area contributed by atoms with Crippen molar-refractivity contribution in [1.29, 1.82) is 0 Å². The molecular formula is C19H27NO3. The number of methoxy groups -OCH3 is 1. The summed E-state index contributed by atoms with van der Waals surface area (Å²) in [6.45, 7) is 4.06. The van der Waals surface area contributed by atoms with E-state index < -0.39 is 0 Å². The van der Waals surface area contributed by atoms with Gasteiger partial charge in [0.2, 0.25) is 0 Å². The average molecular weight is 317 g/mol. The van der Waals surface area contributed by atoms with Crippen LogP contribution in [0.2, 0.25) is 0 Å². The second-order valence-corrected chi connectivity index (χ2v) is 6.62. The van der Waals surface area contributed by atoms with Gasteiger partial charge < -0.3 is 9.47 Å². The van der Waals surface area contributed by atoms with E-state index in [4.69, 9.17) is 9.47 Å². The van der Waals surface area contributed by atoms with E-state index >= 15 is 0 Å². The van der Waals surface area contributed by atoms with Gasteiger partial charge in [-0.3, -0.25) is 4.90 Å². The number of nitrogens with zero attached hydrogens (tertiary/aromatic N) is 1. The van der Waals surface area contributed by atoms with Gasteiger partial charge >= 0.3 is 5.97 Å². The summed E-state index contributed by atoms with van der Waals surface area (Å²) in [4.78, 5) is 14.7. The fourth-order valence-corrected chi connectivity index (χ4v) is 4.06. The van der Waals surface area contributed by atoms with Crippen LogP contribution in [0.1, 0.15) is 54.9 Å². The molecule has 1 aromatic carbocycles. The first-order valence-corrected chi connectivity index (χ1v) is 8.83. The molecule has 0 bridgehead atoms. The zero-order valence-corrected chi connectivity index (χ0v) is 14.2. The third kappa shape index (κ3) is 3.37. The molecule has 1 aliphatic carbocycles. The molecule has 4 heteroatoms. The maximum absolute atomic E-state index is 12.1. The second kappa shape index (κ2) is 7.35. The van der Waals surface area contributed by atoms with Crippen molar-refractivity contribution in [2.24, 2.45) is 0 Å². The second-order valence-electron chi connectivity index (χ2n) is 6.62. The minimum absolute atomic E-state index is 0.269. The van der Waals surface area contributed by atoms with Crippen molar-refractivity contribution in [2.75, 3.05) is 20.3 Å². The topological polar surface area (TPSA) is 38.8 Å². The van der Waals surface area contributed by atoms with Gasteiger partial charge in [-0.05, 0) is 44.4 Å².